The lowest BCUT2D eigenvalue weighted by atomic mass is 10.1. The molecule has 1 N–H and O–H groups in total. The minimum absolute atomic E-state index is 0.204. The van der Waals surface area contributed by atoms with Gasteiger partial charge in [0.1, 0.15) is 11.6 Å². The Morgan fingerprint density at radius 1 is 1.08 bits per heavy atom. The summed E-state index contributed by atoms with van der Waals surface area (Å²) in [6.07, 6.45) is 9.03. The van der Waals surface area contributed by atoms with Gasteiger partial charge in [0.15, 0.2) is 5.11 Å². The van der Waals surface area contributed by atoms with Crippen LogP contribution in [0.15, 0.2) is 47.1 Å². The van der Waals surface area contributed by atoms with E-state index in [4.69, 9.17) is 16.6 Å². The van der Waals surface area contributed by atoms with Crippen LogP contribution < -0.4 is 5.32 Å². The molecule has 1 aromatic heterocycles. The molecular formula is C20H25FN2OS. The molecule has 1 fully saturated rings. The molecule has 0 spiro atoms. The number of halogens is 1. The zero-order valence-corrected chi connectivity index (χ0v) is 15.2. The predicted molar refractivity (Wildman–Crippen MR) is 102 cm³/mol. The summed E-state index contributed by atoms with van der Waals surface area (Å²) in [7, 11) is 0. The maximum Gasteiger partial charge on any atom is 0.169 e. The van der Waals surface area contributed by atoms with Crippen molar-refractivity contribution in [2.75, 3.05) is 0 Å². The second-order valence-corrected chi connectivity index (χ2v) is 7.05. The first-order valence-corrected chi connectivity index (χ1v) is 9.44. The van der Waals surface area contributed by atoms with Crippen LogP contribution in [0.25, 0.3) is 0 Å². The molecule has 2 aromatic rings. The second-order valence-electron chi connectivity index (χ2n) is 6.66. The third kappa shape index (κ3) is 5.30. The fourth-order valence-electron chi connectivity index (χ4n) is 3.31. The lowest BCUT2D eigenvalue weighted by Crippen LogP contribution is -2.44. The van der Waals surface area contributed by atoms with Crippen molar-refractivity contribution in [3.05, 3.63) is 59.8 Å². The van der Waals surface area contributed by atoms with Crippen molar-refractivity contribution in [1.29, 1.82) is 0 Å². The van der Waals surface area contributed by atoms with Gasteiger partial charge in [-0.3, -0.25) is 0 Å². The molecule has 0 atom stereocenters. The van der Waals surface area contributed by atoms with E-state index in [9.17, 15) is 4.39 Å². The number of thiocarbonyl (C=S) groups is 1. The number of benzene rings is 1. The first-order valence-electron chi connectivity index (χ1n) is 9.03. The maximum absolute atomic E-state index is 14.1. The Morgan fingerprint density at radius 2 is 1.84 bits per heavy atom. The summed E-state index contributed by atoms with van der Waals surface area (Å²) >= 11 is 5.67. The summed E-state index contributed by atoms with van der Waals surface area (Å²) in [5.74, 6) is 0.616. The van der Waals surface area contributed by atoms with Crippen molar-refractivity contribution in [3.8, 4) is 0 Å². The Morgan fingerprint density at radius 3 is 2.52 bits per heavy atom. The average molecular weight is 360 g/mol. The van der Waals surface area contributed by atoms with Crippen LogP contribution >= 0.6 is 12.2 Å². The fourth-order valence-corrected chi connectivity index (χ4v) is 3.61. The first kappa shape index (κ1) is 17.9. The van der Waals surface area contributed by atoms with Gasteiger partial charge < -0.3 is 14.6 Å². The highest BCUT2D eigenvalue weighted by molar-refractivity contribution is 7.80. The van der Waals surface area contributed by atoms with Gasteiger partial charge in [-0.15, -0.1) is 0 Å². The van der Waals surface area contributed by atoms with Gasteiger partial charge in [-0.1, -0.05) is 43.9 Å². The summed E-state index contributed by atoms with van der Waals surface area (Å²) in [6, 6.07) is 11.0. The van der Waals surface area contributed by atoms with E-state index >= 15 is 0 Å². The van der Waals surface area contributed by atoms with Crippen molar-refractivity contribution < 1.29 is 8.81 Å². The summed E-state index contributed by atoms with van der Waals surface area (Å²) in [5, 5.41) is 4.18. The second kappa shape index (κ2) is 8.99. The Balaban J connectivity index is 1.70. The molecule has 0 aliphatic heterocycles. The molecule has 0 amide bonds. The summed E-state index contributed by atoms with van der Waals surface area (Å²) in [4.78, 5) is 1.98. The largest absolute Gasteiger partial charge is 0.467 e. The lowest BCUT2D eigenvalue weighted by molar-refractivity contribution is 0.339. The number of nitrogens with zero attached hydrogens (tertiary/aromatic N) is 1. The van der Waals surface area contributed by atoms with Crippen molar-refractivity contribution in [2.24, 2.45) is 0 Å². The molecule has 1 saturated carbocycles. The number of rotatable bonds is 5. The monoisotopic (exact) mass is 360 g/mol. The highest BCUT2D eigenvalue weighted by Crippen LogP contribution is 2.19. The predicted octanol–water partition coefficient (Wildman–Crippen LogP) is 5.02. The molecule has 0 radical (unpaired) electrons. The summed E-state index contributed by atoms with van der Waals surface area (Å²) in [6.45, 7) is 0.950. The van der Waals surface area contributed by atoms with Crippen molar-refractivity contribution >= 4 is 17.3 Å². The number of hydrogen-bond acceptors (Lipinski definition) is 2. The molecule has 1 heterocycles. The van der Waals surface area contributed by atoms with Crippen LogP contribution in [-0.4, -0.2) is 16.1 Å². The molecule has 0 saturated heterocycles. The van der Waals surface area contributed by atoms with Crippen LogP contribution in [0.2, 0.25) is 0 Å². The Hall–Kier alpha value is -1.88. The van der Waals surface area contributed by atoms with Gasteiger partial charge in [0.25, 0.3) is 0 Å². The Labute approximate surface area is 154 Å². The van der Waals surface area contributed by atoms with E-state index in [1.165, 1.54) is 31.7 Å². The summed E-state index contributed by atoms with van der Waals surface area (Å²) in [5.41, 5.74) is 0.638. The maximum atomic E-state index is 14.1. The quantitative estimate of drug-likeness (QED) is 0.599. The molecule has 25 heavy (non-hydrogen) atoms. The van der Waals surface area contributed by atoms with Gasteiger partial charge >= 0.3 is 0 Å². The molecule has 3 rings (SSSR count). The minimum Gasteiger partial charge on any atom is -0.467 e. The molecule has 1 aliphatic carbocycles. The van der Waals surface area contributed by atoms with Crippen LogP contribution in [-0.2, 0) is 13.1 Å². The van der Waals surface area contributed by atoms with Gasteiger partial charge in [0.05, 0.1) is 12.8 Å². The number of hydrogen-bond donors (Lipinski definition) is 1. The van der Waals surface area contributed by atoms with Gasteiger partial charge in [0, 0.05) is 18.2 Å². The van der Waals surface area contributed by atoms with E-state index < -0.39 is 0 Å². The van der Waals surface area contributed by atoms with Crippen LogP contribution in [0.3, 0.4) is 0 Å². The van der Waals surface area contributed by atoms with E-state index in [1.54, 1.807) is 18.4 Å². The molecule has 1 aromatic carbocycles. The van der Waals surface area contributed by atoms with Gasteiger partial charge in [-0.25, -0.2) is 4.39 Å². The zero-order valence-electron chi connectivity index (χ0n) is 14.4. The molecule has 134 valence electrons. The van der Waals surface area contributed by atoms with Gasteiger partial charge in [0.2, 0.25) is 0 Å². The third-order valence-electron chi connectivity index (χ3n) is 4.72. The topological polar surface area (TPSA) is 28.4 Å². The van der Waals surface area contributed by atoms with Crippen LogP contribution in [0.1, 0.15) is 49.8 Å². The fraction of sp³-hybridized carbons (Fsp3) is 0.450. The molecular weight excluding hydrogens is 335 g/mol. The highest BCUT2D eigenvalue weighted by Gasteiger charge is 2.19. The number of nitrogens with one attached hydrogen (secondary N) is 1. The third-order valence-corrected chi connectivity index (χ3v) is 5.09. The molecule has 0 bridgehead atoms. The van der Waals surface area contributed by atoms with E-state index in [1.807, 2.05) is 23.1 Å². The van der Waals surface area contributed by atoms with Crippen molar-refractivity contribution in [2.45, 2.75) is 57.7 Å². The van der Waals surface area contributed by atoms with Crippen molar-refractivity contribution in [3.63, 3.8) is 0 Å². The number of furan rings is 1. The summed E-state index contributed by atoms with van der Waals surface area (Å²) < 4.78 is 19.6. The van der Waals surface area contributed by atoms with E-state index in [0.29, 0.717) is 29.8 Å². The molecule has 3 nitrogen and oxygen atoms in total. The van der Waals surface area contributed by atoms with Crippen LogP contribution in [0.4, 0.5) is 4.39 Å². The van der Waals surface area contributed by atoms with Crippen LogP contribution in [0, 0.1) is 5.82 Å². The molecule has 5 heteroatoms. The SMILES string of the molecule is Fc1ccccc1CN(Cc1ccco1)C(=S)NC1CCCCCC1. The minimum atomic E-state index is -0.204. The average Bonchev–Trinajstić information content (AvgIpc) is 2.99. The van der Waals surface area contributed by atoms with E-state index in [0.717, 1.165) is 18.6 Å². The van der Waals surface area contributed by atoms with Crippen molar-refractivity contribution in [1.82, 2.24) is 10.2 Å². The Bertz CT molecular complexity index is 666. The van der Waals surface area contributed by atoms with E-state index in [-0.39, 0.29) is 5.82 Å². The standard InChI is InChI=1S/C20H25FN2OS/c21-19-12-6-5-8-16(19)14-23(15-18-11-7-13-24-18)20(25)22-17-9-3-1-2-4-10-17/h5-8,11-13,17H,1-4,9-10,14-15H2,(H,22,25). The van der Waals surface area contributed by atoms with E-state index in [2.05, 4.69) is 5.32 Å². The van der Waals surface area contributed by atoms with Gasteiger partial charge in [-0.2, -0.15) is 0 Å². The molecule has 0 unspecified atom stereocenters. The lowest BCUT2D eigenvalue weighted by Gasteiger charge is -2.28. The Kier molecular flexibility index (Phi) is 6.45. The molecule has 1 aliphatic rings. The van der Waals surface area contributed by atoms with Crippen LogP contribution in [0.5, 0.6) is 0 Å². The zero-order chi connectivity index (χ0) is 17.5. The smallest absolute Gasteiger partial charge is 0.169 e. The highest BCUT2D eigenvalue weighted by atomic mass is 32.1. The first-order chi connectivity index (χ1) is 12.2. The van der Waals surface area contributed by atoms with Gasteiger partial charge in [-0.05, 0) is 43.3 Å². The normalized spacial score (nSPS) is 15.6.